The van der Waals surface area contributed by atoms with Gasteiger partial charge in [0.15, 0.2) is 0 Å². The van der Waals surface area contributed by atoms with Crippen molar-refractivity contribution in [1.29, 1.82) is 0 Å². The minimum atomic E-state index is -4.05. The number of piperidine rings is 1. The molecule has 0 amide bonds. The second-order valence-electron chi connectivity index (χ2n) is 3.51. The molecule has 7 heteroatoms. The quantitative estimate of drug-likeness (QED) is 0.664. The van der Waals surface area contributed by atoms with Crippen LogP contribution in [0, 0.1) is 0 Å². The molecule has 0 aromatic rings. The van der Waals surface area contributed by atoms with Gasteiger partial charge < -0.3 is 4.74 Å². The highest BCUT2D eigenvalue weighted by Gasteiger charge is 2.26. The standard InChI is InChI=1S/C8H15NO5S/c1-14-8(6-15(11,12)13)9-4-2-7(10)3-5-9/h8H,2-6H2,1H3,(H,11,12,13). The van der Waals surface area contributed by atoms with Gasteiger partial charge >= 0.3 is 0 Å². The molecule has 15 heavy (non-hydrogen) atoms. The first kappa shape index (κ1) is 12.6. The normalized spacial score (nSPS) is 21.6. The number of methoxy groups -OCH3 is 1. The van der Waals surface area contributed by atoms with Crippen LogP contribution in [0.25, 0.3) is 0 Å². The molecular formula is C8H15NO5S. The van der Waals surface area contributed by atoms with Crippen LogP contribution >= 0.6 is 0 Å². The number of rotatable bonds is 4. The summed E-state index contributed by atoms with van der Waals surface area (Å²) in [6.07, 6.45) is 0.143. The summed E-state index contributed by atoms with van der Waals surface area (Å²) in [6, 6.07) is 0. The highest BCUT2D eigenvalue weighted by Crippen LogP contribution is 2.11. The van der Waals surface area contributed by atoms with Crippen LogP contribution in [0.5, 0.6) is 0 Å². The van der Waals surface area contributed by atoms with Gasteiger partial charge in [0.2, 0.25) is 0 Å². The summed E-state index contributed by atoms with van der Waals surface area (Å²) in [4.78, 5) is 12.7. The van der Waals surface area contributed by atoms with E-state index in [-0.39, 0.29) is 5.78 Å². The van der Waals surface area contributed by atoms with Gasteiger partial charge in [-0.2, -0.15) is 8.42 Å². The van der Waals surface area contributed by atoms with Gasteiger partial charge in [-0.15, -0.1) is 0 Å². The number of hydrogen-bond donors (Lipinski definition) is 1. The van der Waals surface area contributed by atoms with E-state index in [0.717, 1.165) is 0 Å². The van der Waals surface area contributed by atoms with Crippen molar-refractivity contribution >= 4 is 15.9 Å². The molecule has 6 nitrogen and oxygen atoms in total. The molecule has 1 atom stereocenters. The first-order valence-electron chi connectivity index (χ1n) is 4.66. The van der Waals surface area contributed by atoms with Gasteiger partial charge in [0.1, 0.15) is 17.8 Å². The van der Waals surface area contributed by atoms with Crippen LogP contribution in [0.1, 0.15) is 12.8 Å². The van der Waals surface area contributed by atoms with Gasteiger partial charge in [-0.05, 0) is 0 Å². The van der Waals surface area contributed by atoms with E-state index in [2.05, 4.69) is 0 Å². The Morgan fingerprint density at radius 3 is 2.40 bits per heavy atom. The first-order chi connectivity index (χ1) is 6.92. The molecule has 88 valence electrons. The smallest absolute Gasteiger partial charge is 0.268 e. The summed E-state index contributed by atoms with van der Waals surface area (Å²) >= 11 is 0. The van der Waals surface area contributed by atoms with Crippen LogP contribution in [0.3, 0.4) is 0 Å². The third-order valence-electron chi connectivity index (χ3n) is 2.39. The van der Waals surface area contributed by atoms with Crippen molar-refractivity contribution in [2.24, 2.45) is 0 Å². The molecule has 0 radical (unpaired) electrons. The van der Waals surface area contributed by atoms with Gasteiger partial charge in [0, 0.05) is 33.0 Å². The minimum absolute atomic E-state index is 0.174. The maximum absolute atomic E-state index is 11.0. The zero-order valence-electron chi connectivity index (χ0n) is 8.55. The van der Waals surface area contributed by atoms with Gasteiger partial charge in [0.05, 0.1) is 0 Å². The minimum Gasteiger partial charge on any atom is -0.365 e. The number of carbonyl (C=O) groups is 1. The Hall–Kier alpha value is -0.500. The molecule has 1 aliphatic heterocycles. The number of ether oxygens (including phenoxy) is 1. The molecule has 0 aromatic heterocycles. The van der Waals surface area contributed by atoms with Crippen molar-refractivity contribution < 1.29 is 22.5 Å². The summed E-state index contributed by atoms with van der Waals surface area (Å²) in [5.41, 5.74) is 0. The molecule has 1 fully saturated rings. The Morgan fingerprint density at radius 1 is 1.47 bits per heavy atom. The maximum Gasteiger partial charge on any atom is 0.268 e. The average molecular weight is 237 g/mol. The molecule has 1 rings (SSSR count). The van der Waals surface area contributed by atoms with Crippen molar-refractivity contribution in [3.05, 3.63) is 0 Å². The van der Waals surface area contributed by atoms with Crippen LogP contribution < -0.4 is 0 Å². The van der Waals surface area contributed by atoms with E-state index in [4.69, 9.17) is 9.29 Å². The second kappa shape index (κ2) is 5.02. The van der Waals surface area contributed by atoms with Crippen LogP contribution in [-0.2, 0) is 19.6 Å². The highest BCUT2D eigenvalue weighted by atomic mass is 32.2. The summed E-state index contributed by atoms with van der Waals surface area (Å²) in [5.74, 6) is -0.287. The predicted octanol–water partition coefficient (Wildman–Crippen LogP) is -0.488. The van der Waals surface area contributed by atoms with E-state index in [1.807, 2.05) is 0 Å². The fourth-order valence-electron chi connectivity index (χ4n) is 1.56. The van der Waals surface area contributed by atoms with Crippen molar-refractivity contribution in [1.82, 2.24) is 4.90 Å². The molecule has 0 aromatic carbocycles. The monoisotopic (exact) mass is 237 g/mol. The number of nitrogens with zero attached hydrogens (tertiary/aromatic N) is 1. The Morgan fingerprint density at radius 2 is 2.00 bits per heavy atom. The van der Waals surface area contributed by atoms with E-state index < -0.39 is 22.1 Å². The lowest BCUT2D eigenvalue weighted by atomic mass is 10.1. The number of hydrogen-bond acceptors (Lipinski definition) is 5. The molecule has 1 heterocycles. The SMILES string of the molecule is COC(CS(=O)(=O)O)N1CCC(=O)CC1. The maximum atomic E-state index is 11.0. The molecule has 0 spiro atoms. The number of carbonyl (C=O) groups excluding carboxylic acids is 1. The largest absolute Gasteiger partial charge is 0.365 e. The fraction of sp³-hybridized carbons (Fsp3) is 0.875. The van der Waals surface area contributed by atoms with Crippen LogP contribution in [0.2, 0.25) is 0 Å². The Labute approximate surface area is 89.0 Å². The molecule has 0 bridgehead atoms. The molecular weight excluding hydrogens is 222 g/mol. The number of likely N-dealkylation sites (tertiary alicyclic amines) is 1. The third kappa shape index (κ3) is 4.25. The van der Waals surface area contributed by atoms with Crippen molar-refractivity contribution in [2.75, 3.05) is 26.0 Å². The zero-order chi connectivity index (χ0) is 11.5. The van der Waals surface area contributed by atoms with Gasteiger partial charge in [-0.1, -0.05) is 0 Å². The molecule has 1 unspecified atom stereocenters. The lowest BCUT2D eigenvalue weighted by Gasteiger charge is -2.32. The van der Waals surface area contributed by atoms with Crippen molar-refractivity contribution in [2.45, 2.75) is 19.1 Å². The lowest BCUT2D eigenvalue weighted by molar-refractivity contribution is -0.124. The van der Waals surface area contributed by atoms with E-state index in [1.54, 1.807) is 4.90 Å². The average Bonchev–Trinajstić information content (AvgIpc) is 2.14. The van der Waals surface area contributed by atoms with E-state index in [9.17, 15) is 13.2 Å². The molecule has 0 aliphatic carbocycles. The van der Waals surface area contributed by atoms with E-state index >= 15 is 0 Å². The second-order valence-corrected chi connectivity index (χ2v) is 5.01. The summed E-state index contributed by atoms with van der Waals surface area (Å²) in [6.45, 7) is 0.958. The summed E-state index contributed by atoms with van der Waals surface area (Å²) < 4.78 is 35.1. The van der Waals surface area contributed by atoms with Crippen LogP contribution in [0.15, 0.2) is 0 Å². The molecule has 0 saturated carbocycles. The zero-order valence-corrected chi connectivity index (χ0v) is 9.37. The van der Waals surface area contributed by atoms with Crippen LogP contribution in [0.4, 0.5) is 0 Å². The summed E-state index contributed by atoms with van der Waals surface area (Å²) in [7, 11) is -2.67. The Bertz CT molecular complexity index is 316. The summed E-state index contributed by atoms with van der Waals surface area (Å²) in [5, 5.41) is 0. The van der Waals surface area contributed by atoms with Crippen LogP contribution in [-0.4, -0.2) is 55.8 Å². The Balaban J connectivity index is 2.55. The van der Waals surface area contributed by atoms with Gasteiger partial charge in [0.25, 0.3) is 10.1 Å². The van der Waals surface area contributed by atoms with Gasteiger partial charge in [-0.25, -0.2) is 0 Å². The van der Waals surface area contributed by atoms with Crippen molar-refractivity contribution in [3.63, 3.8) is 0 Å². The highest BCUT2D eigenvalue weighted by molar-refractivity contribution is 7.85. The third-order valence-corrected chi connectivity index (χ3v) is 3.09. The molecule has 1 saturated heterocycles. The fourth-order valence-corrected chi connectivity index (χ4v) is 2.27. The molecule has 1 aliphatic rings. The number of Topliss-reactive ketones (excluding diaryl/α,β-unsaturated/α-hetero) is 1. The number of ketones is 1. The Kier molecular flexibility index (Phi) is 4.21. The first-order valence-corrected chi connectivity index (χ1v) is 6.27. The lowest BCUT2D eigenvalue weighted by Crippen LogP contribution is -2.45. The van der Waals surface area contributed by atoms with E-state index in [0.29, 0.717) is 25.9 Å². The van der Waals surface area contributed by atoms with E-state index in [1.165, 1.54) is 7.11 Å². The predicted molar refractivity (Wildman–Crippen MR) is 53.0 cm³/mol. The topological polar surface area (TPSA) is 83.9 Å². The molecule has 1 N–H and O–H groups in total. The van der Waals surface area contributed by atoms with Gasteiger partial charge in [-0.3, -0.25) is 14.2 Å². The van der Waals surface area contributed by atoms with Crippen molar-refractivity contribution in [3.8, 4) is 0 Å².